The average Bonchev–Trinajstić information content (AvgIpc) is 3.16. The highest BCUT2D eigenvalue weighted by Gasteiger charge is 2.28. The number of nitrogens with zero attached hydrogens (tertiary/aromatic N) is 1. The van der Waals surface area contributed by atoms with Crippen LogP contribution in [0, 0.1) is 0 Å². The van der Waals surface area contributed by atoms with Gasteiger partial charge >= 0.3 is 0 Å². The number of nitrogens with one attached hydrogen (secondary N) is 2. The zero-order valence-electron chi connectivity index (χ0n) is 15.7. The van der Waals surface area contributed by atoms with Gasteiger partial charge in [-0.1, -0.05) is 60.3 Å². The van der Waals surface area contributed by atoms with E-state index >= 15 is 0 Å². The van der Waals surface area contributed by atoms with E-state index in [1.54, 1.807) is 6.20 Å². The van der Waals surface area contributed by atoms with Crippen molar-refractivity contribution in [1.82, 2.24) is 10.3 Å². The Morgan fingerprint density at radius 3 is 2.57 bits per heavy atom. The largest absolute Gasteiger partial charge is 0.343 e. The van der Waals surface area contributed by atoms with Crippen LogP contribution in [-0.4, -0.2) is 30.0 Å². The molecular formula is C23H24N3OS+. The van der Waals surface area contributed by atoms with Crippen molar-refractivity contribution in [1.29, 1.82) is 0 Å². The Morgan fingerprint density at radius 1 is 1.04 bits per heavy atom. The van der Waals surface area contributed by atoms with Gasteiger partial charge in [-0.3, -0.25) is 4.79 Å². The van der Waals surface area contributed by atoms with Gasteiger partial charge in [0, 0.05) is 23.1 Å². The minimum atomic E-state index is -0.0301. The van der Waals surface area contributed by atoms with Gasteiger partial charge in [0.2, 0.25) is 0 Å². The highest BCUT2D eigenvalue weighted by atomic mass is 32.2. The maximum Gasteiger partial charge on any atom is 0.254 e. The first-order valence-electron chi connectivity index (χ1n) is 9.64. The summed E-state index contributed by atoms with van der Waals surface area (Å²) in [5.74, 6) is -0.0301. The van der Waals surface area contributed by atoms with E-state index < -0.39 is 0 Å². The molecule has 28 heavy (non-hydrogen) atoms. The topological polar surface area (TPSA) is 46.4 Å². The van der Waals surface area contributed by atoms with E-state index in [9.17, 15) is 4.79 Å². The van der Waals surface area contributed by atoms with Crippen molar-refractivity contribution in [2.45, 2.75) is 28.9 Å². The number of amides is 1. The third-order valence-corrected chi connectivity index (χ3v) is 6.01. The van der Waals surface area contributed by atoms with Crippen LogP contribution in [-0.2, 0) is 6.54 Å². The third kappa shape index (κ3) is 4.80. The number of carbonyl (C=O) groups excluding carboxylic acids is 1. The Balaban J connectivity index is 1.38. The maximum atomic E-state index is 12.9. The van der Waals surface area contributed by atoms with Gasteiger partial charge in [0.1, 0.15) is 11.6 Å². The molecule has 1 fully saturated rings. The molecule has 5 heteroatoms. The lowest BCUT2D eigenvalue weighted by Crippen LogP contribution is -3.09. The summed E-state index contributed by atoms with van der Waals surface area (Å²) < 4.78 is 0. The van der Waals surface area contributed by atoms with Crippen molar-refractivity contribution in [3.8, 4) is 0 Å². The number of rotatable bonds is 6. The normalized spacial score (nSPS) is 18.7. The van der Waals surface area contributed by atoms with E-state index in [1.165, 1.54) is 22.2 Å². The summed E-state index contributed by atoms with van der Waals surface area (Å²) in [6.07, 6.45) is 2.75. The molecule has 1 aliphatic heterocycles. The fourth-order valence-corrected chi connectivity index (χ4v) is 4.51. The molecule has 1 amide bonds. The Hall–Kier alpha value is -2.63. The molecule has 4 rings (SSSR count). The van der Waals surface area contributed by atoms with Crippen LogP contribution in [0.25, 0.3) is 0 Å². The number of pyridine rings is 1. The molecule has 142 valence electrons. The molecule has 2 N–H and O–H groups in total. The van der Waals surface area contributed by atoms with Crippen LogP contribution in [0.5, 0.6) is 0 Å². The fraction of sp³-hybridized carbons (Fsp3) is 0.217. The molecule has 2 heterocycles. The van der Waals surface area contributed by atoms with Gasteiger partial charge in [0.05, 0.1) is 24.7 Å². The molecule has 1 unspecified atom stereocenters. The fourth-order valence-electron chi connectivity index (χ4n) is 3.61. The van der Waals surface area contributed by atoms with Crippen LogP contribution in [0.4, 0.5) is 0 Å². The van der Waals surface area contributed by atoms with Crippen molar-refractivity contribution in [3.05, 3.63) is 90.1 Å². The Labute approximate surface area is 170 Å². The summed E-state index contributed by atoms with van der Waals surface area (Å²) in [4.78, 5) is 19.9. The molecule has 1 saturated heterocycles. The van der Waals surface area contributed by atoms with E-state index in [-0.39, 0.29) is 11.9 Å². The third-order valence-electron chi connectivity index (χ3n) is 4.99. The average molecular weight is 391 g/mol. The zero-order chi connectivity index (χ0) is 19.2. The summed E-state index contributed by atoms with van der Waals surface area (Å²) in [6.45, 7) is 3.05. The van der Waals surface area contributed by atoms with Gasteiger partial charge < -0.3 is 10.2 Å². The number of hydrogen-bond donors (Lipinski definition) is 2. The van der Waals surface area contributed by atoms with E-state index in [0.29, 0.717) is 5.56 Å². The lowest BCUT2D eigenvalue weighted by Gasteiger charge is -2.15. The van der Waals surface area contributed by atoms with Crippen LogP contribution < -0.4 is 10.2 Å². The van der Waals surface area contributed by atoms with E-state index in [4.69, 9.17) is 0 Å². The van der Waals surface area contributed by atoms with Gasteiger partial charge in [-0.2, -0.15) is 0 Å². The molecule has 0 bridgehead atoms. The van der Waals surface area contributed by atoms with E-state index in [0.717, 1.165) is 36.0 Å². The Morgan fingerprint density at radius 2 is 1.79 bits per heavy atom. The van der Waals surface area contributed by atoms with Gasteiger partial charge in [-0.15, -0.1) is 0 Å². The van der Waals surface area contributed by atoms with Gasteiger partial charge in [0.15, 0.2) is 0 Å². The van der Waals surface area contributed by atoms with Crippen molar-refractivity contribution in [3.63, 3.8) is 0 Å². The first kappa shape index (κ1) is 18.7. The molecule has 0 saturated carbocycles. The summed E-state index contributed by atoms with van der Waals surface area (Å²) in [7, 11) is 0. The zero-order valence-corrected chi connectivity index (χ0v) is 16.5. The van der Waals surface area contributed by atoms with Crippen molar-refractivity contribution in [2.24, 2.45) is 0 Å². The predicted molar refractivity (Wildman–Crippen MR) is 112 cm³/mol. The molecule has 0 spiro atoms. The van der Waals surface area contributed by atoms with E-state index in [2.05, 4.69) is 34.6 Å². The number of carbonyl (C=O) groups is 1. The first-order valence-corrected chi connectivity index (χ1v) is 10.5. The lowest BCUT2D eigenvalue weighted by atomic mass is 10.2. The highest BCUT2D eigenvalue weighted by Crippen LogP contribution is 2.28. The van der Waals surface area contributed by atoms with Crippen molar-refractivity contribution in [2.75, 3.05) is 13.1 Å². The molecule has 4 nitrogen and oxygen atoms in total. The summed E-state index contributed by atoms with van der Waals surface area (Å²) in [5.41, 5.74) is 1.99. The minimum absolute atomic E-state index is 0.0301. The second-order valence-corrected chi connectivity index (χ2v) is 8.16. The second-order valence-electron chi connectivity index (χ2n) is 7.10. The van der Waals surface area contributed by atoms with Crippen LogP contribution in [0.15, 0.2) is 88.9 Å². The molecule has 3 aromatic rings. The molecule has 1 aliphatic rings. The van der Waals surface area contributed by atoms with Crippen molar-refractivity contribution < 1.29 is 9.69 Å². The number of quaternary nitrogens is 1. The molecule has 1 aromatic heterocycles. The molecule has 0 radical (unpaired) electrons. The van der Waals surface area contributed by atoms with Gasteiger partial charge in [-0.05, 0) is 24.3 Å². The lowest BCUT2D eigenvalue weighted by molar-refractivity contribution is -0.901. The maximum absolute atomic E-state index is 12.9. The Bertz CT molecular complexity index is 917. The molecule has 2 aromatic carbocycles. The summed E-state index contributed by atoms with van der Waals surface area (Å²) in [6, 6.07) is 24.5. The second kappa shape index (κ2) is 9.04. The van der Waals surface area contributed by atoms with Crippen LogP contribution in [0.3, 0.4) is 0 Å². The molecule has 2 atom stereocenters. The smallest absolute Gasteiger partial charge is 0.254 e. The summed E-state index contributed by atoms with van der Waals surface area (Å²) in [5, 5.41) is 3.97. The number of benzene rings is 2. The van der Waals surface area contributed by atoms with Crippen LogP contribution >= 0.6 is 11.8 Å². The minimum Gasteiger partial charge on any atom is -0.343 e. The van der Waals surface area contributed by atoms with Crippen molar-refractivity contribution >= 4 is 17.7 Å². The number of aromatic nitrogens is 1. The molecular weight excluding hydrogens is 366 g/mol. The number of hydrogen-bond acceptors (Lipinski definition) is 3. The summed E-state index contributed by atoms with van der Waals surface area (Å²) >= 11 is 1.53. The first-order chi connectivity index (χ1) is 13.8. The highest BCUT2D eigenvalue weighted by molar-refractivity contribution is 7.99. The quantitative estimate of drug-likeness (QED) is 0.680. The predicted octanol–water partition coefficient (Wildman–Crippen LogP) is 2.82. The van der Waals surface area contributed by atoms with Crippen LogP contribution in [0.1, 0.15) is 22.3 Å². The number of likely N-dealkylation sites (tertiary alicyclic amines) is 1. The van der Waals surface area contributed by atoms with Gasteiger partial charge in [-0.25, -0.2) is 4.98 Å². The SMILES string of the molecule is O=C(N[C@H]1CC[NH+](Cc2ccccc2)C1)c1cccnc1Sc1ccccc1. The van der Waals surface area contributed by atoms with Gasteiger partial charge in [0.25, 0.3) is 5.91 Å². The Kier molecular flexibility index (Phi) is 6.04. The van der Waals surface area contributed by atoms with Crippen LogP contribution in [0.2, 0.25) is 0 Å². The van der Waals surface area contributed by atoms with E-state index in [1.807, 2.05) is 48.5 Å². The molecule has 0 aliphatic carbocycles. The standard InChI is InChI=1S/C23H23N3OS/c27-22(21-12-7-14-24-23(21)28-20-10-5-2-6-11-20)25-19-13-15-26(17-19)16-18-8-3-1-4-9-18/h1-12,14,19H,13,15-17H2,(H,25,27)/p+1/t19-/m0/s1. The monoisotopic (exact) mass is 390 g/mol.